The summed E-state index contributed by atoms with van der Waals surface area (Å²) in [6.07, 6.45) is 0.742. The highest BCUT2D eigenvalue weighted by Gasteiger charge is 2.15. The standard InChI is InChI=1S/C14H21NO4/c1-18-10-4-7-15(8-9-16)14(17)12-5-3-6-13(11-12)19-2/h3,5-6,11,16H,4,7-10H2,1-2H3. The number of nitrogens with zero attached hydrogens (tertiary/aromatic N) is 1. The molecule has 0 aliphatic heterocycles. The molecule has 1 rings (SSSR count). The van der Waals surface area contributed by atoms with Crippen LogP contribution in [0.25, 0.3) is 0 Å². The van der Waals surface area contributed by atoms with E-state index in [1.54, 1.807) is 43.4 Å². The summed E-state index contributed by atoms with van der Waals surface area (Å²) in [4.78, 5) is 13.9. The van der Waals surface area contributed by atoms with Crippen LogP contribution in [0.15, 0.2) is 24.3 Å². The molecule has 0 radical (unpaired) electrons. The Kier molecular flexibility index (Phi) is 6.92. The van der Waals surface area contributed by atoms with E-state index in [2.05, 4.69) is 0 Å². The van der Waals surface area contributed by atoms with Gasteiger partial charge >= 0.3 is 0 Å². The summed E-state index contributed by atoms with van der Waals surface area (Å²) in [5, 5.41) is 9.04. The molecule has 0 atom stereocenters. The van der Waals surface area contributed by atoms with Gasteiger partial charge < -0.3 is 19.5 Å². The summed E-state index contributed by atoms with van der Waals surface area (Å²) in [6, 6.07) is 7.00. The molecule has 19 heavy (non-hydrogen) atoms. The van der Waals surface area contributed by atoms with Crippen LogP contribution in [0, 0.1) is 0 Å². The quantitative estimate of drug-likeness (QED) is 0.718. The van der Waals surface area contributed by atoms with E-state index in [9.17, 15) is 4.79 Å². The first kappa shape index (κ1) is 15.5. The minimum Gasteiger partial charge on any atom is -0.497 e. The van der Waals surface area contributed by atoms with Crippen LogP contribution >= 0.6 is 0 Å². The third-order valence-corrected chi connectivity index (χ3v) is 2.75. The zero-order valence-corrected chi connectivity index (χ0v) is 11.5. The Hall–Kier alpha value is -1.59. The Balaban J connectivity index is 2.73. The fourth-order valence-electron chi connectivity index (χ4n) is 1.77. The van der Waals surface area contributed by atoms with E-state index in [4.69, 9.17) is 14.6 Å². The van der Waals surface area contributed by atoms with Crippen LogP contribution in [0.3, 0.4) is 0 Å². The molecule has 1 aromatic rings. The molecule has 106 valence electrons. The largest absolute Gasteiger partial charge is 0.497 e. The van der Waals surface area contributed by atoms with E-state index in [0.717, 1.165) is 6.42 Å². The second kappa shape index (κ2) is 8.50. The number of hydrogen-bond acceptors (Lipinski definition) is 4. The molecule has 0 aliphatic carbocycles. The predicted octanol–water partition coefficient (Wildman–Crippen LogP) is 1.17. The van der Waals surface area contributed by atoms with Gasteiger partial charge in [-0.1, -0.05) is 6.07 Å². The van der Waals surface area contributed by atoms with Crippen LogP contribution in [0.5, 0.6) is 5.75 Å². The average molecular weight is 267 g/mol. The van der Waals surface area contributed by atoms with Crippen LogP contribution in [0.2, 0.25) is 0 Å². The van der Waals surface area contributed by atoms with Crippen molar-refractivity contribution in [2.75, 3.05) is 40.5 Å². The van der Waals surface area contributed by atoms with Gasteiger partial charge in [0.25, 0.3) is 5.91 Å². The number of amides is 1. The lowest BCUT2D eigenvalue weighted by atomic mass is 10.2. The van der Waals surface area contributed by atoms with Crippen molar-refractivity contribution >= 4 is 5.91 Å². The summed E-state index contributed by atoms with van der Waals surface area (Å²) in [6.45, 7) is 1.42. The zero-order valence-electron chi connectivity index (χ0n) is 11.5. The highest BCUT2D eigenvalue weighted by atomic mass is 16.5. The summed E-state index contributed by atoms with van der Waals surface area (Å²) < 4.78 is 10.1. The minimum atomic E-state index is -0.107. The first-order valence-corrected chi connectivity index (χ1v) is 6.26. The smallest absolute Gasteiger partial charge is 0.254 e. The fraction of sp³-hybridized carbons (Fsp3) is 0.500. The summed E-state index contributed by atoms with van der Waals surface area (Å²) in [5.74, 6) is 0.538. The minimum absolute atomic E-state index is 0.0529. The molecule has 0 bridgehead atoms. The van der Waals surface area contributed by atoms with Crippen LogP contribution in [0.1, 0.15) is 16.8 Å². The van der Waals surface area contributed by atoms with E-state index in [0.29, 0.717) is 31.0 Å². The Morgan fingerprint density at radius 3 is 2.74 bits per heavy atom. The molecular formula is C14H21NO4. The van der Waals surface area contributed by atoms with Crippen molar-refractivity contribution < 1.29 is 19.4 Å². The summed E-state index contributed by atoms with van der Waals surface area (Å²) in [7, 11) is 3.19. The molecule has 1 amide bonds. The number of carbonyl (C=O) groups excluding carboxylic acids is 1. The maximum absolute atomic E-state index is 12.3. The number of rotatable bonds is 8. The van der Waals surface area contributed by atoms with Crippen molar-refractivity contribution in [2.45, 2.75) is 6.42 Å². The van der Waals surface area contributed by atoms with E-state index in [1.807, 2.05) is 0 Å². The fourth-order valence-corrected chi connectivity index (χ4v) is 1.77. The van der Waals surface area contributed by atoms with Gasteiger partial charge in [-0.25, -0.2) is 0 Å². The normalized spacial score (nSPS) is 10.3. The lowest BCUT2D eigenvalue weighted by molar-refractivity contribution is 0.0701. The van der Waals surface area contributed by atoms with Crippen molar-refractivity contribution in [3.63, 3.8) is 0 Å². The van der Waals surface area contributed by atoms with Crippen molar-refractivity contribution in [1.29, 1.82) is 0 Å². The lowest BCUT2D eigenvalue weighted by Gasteiger charge is -2.21. The molecule has 0 aliphatic rings. The molecule has 0 saturated heterocycles. The molecule has 0 fully saturated rings. The Morgan fingerprint density at radius 2 is 2.11 bits per heavy atom. The van der Waals surface area contributed by atoms with Crippen molar-refractivity contribution in [3.8, 4) is 5.75 Å². The molecular weight excluding hydrogens is 246 g/mol. The molecule has 0 unspecified atom stereocenters. The predicted molar refractivity (Wildman–Crippen MR) is 72.5 cm³/mol. The number of aliphatic hydroxyl groups is 1. The number of methoxy groups -OCH3 is 2. The number of benzene rings is 1. The van der Waals surface area contributed by atoms with Crippen LogP contribution in [-0.4, -0.2) is 56.4 Å². The van der Waals surface area contributed by atoms with Crippen LogP contribution in [-0.2, 0) is 4.74 Å². The number of aliphatic hydroxyl groups excluding tert-OH is 1. The van der Waals surface area contributed by atoms with Gasteiger partial charge in [0.05, 0.1) is 13.7 Å². The second-order valence-corrected chi connectivity index (χ2v) is 4.09. The molecule has 1 aromatic carbocycles. The summed E-state index contributed by atoms with van der Waals surface area (Å²) >= 11 is 0. The molecule has 5 nitrogen and oxygen atoms in total. The Labute approximate surface area is 113 Å². The monoisotopic (exact) mass is 267 g/mol. The molecule has 5 heteroatoms. The van der Waals surface area contributed by atoms with Crippen LogP contribution in [0.4, 0.5) is 0 Å². The Bertz CT molecular complexity index is 395. The number of hydrogen-bond donors (Lipinski definition) is 1. The van der Waals surface area contributed by atoms with Gasteiger partial charge in [-0.2, -0.15) is 0 Å². The van der Waals surface area contributed by atoms with E-state index >= 15 is 0 Å². The van der Waals surface area contributed by atoms with E-state index in [-0.39, 0.29) is 12.5 Å². The highest BCUT2D eigenvalue weighted by Crippen LogP contribution is 2.14. The summed E-state index contributed by atoms with van der Waals surface area (Å²) in [5.41, 5.74) is 0.560. The van der Waals surface area contributed by atoms with Gasteiger partial charge in [-0.3, -0.25) is 4.79 Å². The maximum Gasteiger partial charge on any atom is 0.254 e. The first-order valence-electron chi connectivity index (χ1n) is 6.26. The van der Waals surface area contributed by atoms with Gasteiger partial charge in [-0.15, -0.1) is 0 Å². The lowest BCUT2D eigenvalue weighted by Crippen LogP contribution is -2.34. The van der Waals surface area contributed by atoms with Gasteiger partial charge in [0.1, 0.15) is 5.75 Å². The van der Waals surface area contributed by atoms with Gasteiger partial charge in [-0.05, 0) is 24.6 Å². The van der Waals surface area contributed by atoms with Gasteiger partial charge in [0.15, 0.2) is 0 Å². The third-order valence-electron chi connectivity index (χ3n) is 2.75. The third kappa shape index (κ3) is 4.89. The Morgan fingerprint density at radius 1 is 1.32 bits per heavy atom. The molecule has 0 heterocycles. The van der Waals surface area contributed by atoms with Crippen LogP contribution < -0.4 is 4.74 Å². The topological polar surface area (TPSA) is 59.0 Å². The van der Waals surface area contributed by atoms with E-state index in [1.165, 1.54) is 0 Å². The molecule has 1 N–H and O–H groups in total. The second-order valence-electron chi connectivity index (χ2n) is 4.09. The SMILES string of the molecule is COCCCN(CCO)C(=O)c1cccc(OC)c1. The number of ether oxygens (including phenoxy) is 2. The van der Waals surface area contributed by atoms with Gasteiger partial charge in [0, 0.05) is 32.4 Å². The molecule has 0 saturated carbocycles. The van der Waals surface area contributed by atoms with Crippen molar-refractivity contribution in [3.05, 3.63) is 29.8 Å². The number of carbonyl (C=O) groups is 1. The molecule has 0 spiro atoms. The average Bonchev–Trinajstić information content (AvgIpc) is 2.46. The van der Waals surface area contributed by atoms with Gasteiger partial charge in [0.2, 0.25) is 0 Å². The zero-order chi connectivity index (χ0) is 14.1. The highest BCUT2D eigenvalue weighted by molar-refractivity contribution is 5.94. The molecule has 0 aromatic heterocycles. The maximum atomic E-state index is 12.3. The first-order chi connectivity index (χ1) is 9.22. The van der Waals surface area contributed by atoms with E-state index < -0.39 is 0 Å². The van der Waals surface area contributed by atoms with Crippen molar-refractivity contribution in [1.82, 2.24) is 4.90 Å². The van der Waals surface area contributed by atoms with Crippen molar-refractivity contribution in [2.24, 2.45) is 0 Å².